The molecule has 0 fully saturated rings. The number of hydrogen-bond donors (Lipinski definition) is 2. The van der Waals surface area contributed by atoms with Crippen LogP contribution in [0.4, 0.5) is 0 Å². The van der Waals surface area contributed by atoms with E-state index in [0.717, 1.165) is 79.0 Å². The summed E-state index contributed by atoms with van der Waals surface area (Å²) in [6.45, 7) is 0. The van der Waals surface area contributed by atoms with Crippen molar-refractivity contribution in [3.05, 3.63) is 215 Å². The third kappa shape index (κ3) is 5.33. The van der Waals surface area contributed by atoms with Gasteiger partial charge in [0.15, 0.2) is 0 Å². The van der Waals surface area contributed by atoms with Crippen LogP contribution < -0.4 is 0 Å². The van der Waals surface area contributed by atoms with Crippen molar-refractivity contribution in [1.82, 2.24) is 9.97 Å². The Bertz CT molecular complexity index is 2210. The Hall–Kier alpha value is -6.26. The van der Waals surface area contributed by atoms with Crippen LogP contribution in [0.5, 0.6) is 0 Å². The van der Waals surface area contributed by atoms with Crippen LogP contribution >= 0.6 is 0 Å². The first-order valence-corrected chi connectivity index (χ1v) is 15.4. The Morgan fingerprint density at radius 3 is 1.37 bits per heavy atom. The van der Waals surface area contributed by atoms with Gasteiger partial charge in [0.1, 0.15) is 0 Å². The Morgan fingerprint density at radius 2 is 0.804 bits per heavy atom. The van der Waals surface area contributed by atoms with Crippen LogP contribution in [-0.4, -0.2) is 21.4 Å². The molecule has 46 heavy (non-hydrogen) atoms. The smallest absolute Gasteiger partial charge is 0.0872 e. The number of H-pyrrole nitrogens is 2. The number of aromatic nitrogens is 2. The molecular weight excluding hydrogens is 560 g/mol. The molecule has 2 aliphatic rings. The minimum absolute atomic E-state index is 0.886. The lowest BCUT2D eigenvalue weighted by Gasteiger charge is -2.09. The summed E-state index contributed by atoms with van der Waals surface area (Å²) in [7, 11) is 0. The average Bonchev–Trinajstić information content (AvgIpc) is 3.96. The summed E-state index contributed by atoms with van der Waals surface area (Å²) >= 11 is 0. The van der Waals surface area contributed by atoms with Gasteiger partial charge in [-0.3, -0.25) is 0 Å². The molecule has 0 amide bonds. The van der Waals surface area contributed by atoms with E-state index in [2.05, 4.69) is 143 Å². The molecule has 0 spiro atoms. The monoisotopic (exact) mass is 590 g/mol. The van der Waals surface area contributed by atoms with Crippen LogP contribution in [0.1, 0.15) is 33.8 Å². The molecule has 4 heteroatoms. The molecule has 2 N–H and O–H groups in total. The summed E-state index contributed by atoms with van der Waals surface area (Å²) in [4.78, 5) is 17.5. The maximum absolute atomic E-state index is 5.16. The van der Waals surface area contributed by atoms with Gasteiger partial charge in [0.25, 0.3) is 0 Å². The zero-order valence-electron chi connectivity index (χ0n) is 25.1. The lowest BCUT2D eigenvalue weighted by Crippen LogP contribution is -1.97. The topological polar surface area (TPSA) is 56.3 Å². The molecule has 218 valence electrons. The molecule has 2 aromatic heterocycles. The average molecular weight is 591 g/mol. The van der Waals surface area contributed by atoms with E-state index in [1.54, 1.807) is 0 Å². The molecule has 4 aromatic carbocycles. The highest BCUT2D eigenvalue weighted by molar-refractivity contribution is 6.13. The van der Waals surface area contributed by atoms with Gasteiger partial charge in [-0.15, -0.1) is 0 Å². The van der Waals surface area contributed by atoms with Crippen molar-refractivity contribution < 1.29 is 0 Å². The van der Waals surface area contributed by atoms with Gasteiger partial charge in [-0.05, 0) is 65.3 Å². The highest BCUT2D eigenvalue weighted by atomic mass is 14.9. The predicted molar refractivity (Wildman–Crippen MR) is 190 cm³/mol. The lowest BCUT2D eigenvalue weighted by molar-refractivity contribution is 1.29. The minimum atomic E-state index is 0.886. The van der Waals surface area contributed by atoms with E-state index in [-0.39, 0.29) is 0 Å². The van der Waals surface area contributed by atoms with Crippen molar-refractivity contribution in [2.24, 2.45) is 9.98 Å². The Labute approximate surface area is 268 Å². The van der Waals surface area contributed by atoms with Crippen LogP contribution in [0.3, 0.4) is 0 Å². The second-order valence-corrected chi connectivity index (χ2v) is 11.2. The molecule has 0 unspecified atom stereocenters. The predicted octanol–water partition coefficient (Wildman–Crippen LogP) is 9.65. The third-order valence-electron chi connectivity index (χ3n) is 8.26. The molecule has 0 atom stereocenters. The van der Waals surface area contributed by atoms with E-state index in [4.69, 9.17) is 9.98 Å². The first kappa shape index (κ1) is 27.3. The molecular formula is C42H30N4. The van der Waals surface area contributed by atoms with Crippen molar-refractivity contribution in [3.8, 4) is 11.3 Å². The fourth-order valence-electron chi connectivity index (χ4n) is 6.03. The highest BCUT2D eigenvalue weighted by Crippen LogP contribution is 2.34. The molecule has 0 saturated heterocycles. The molecule has 0 aliphatic carbocycles. The van der Waals surface area contributed by atoms with E-state index in [0.29, 0.717) is 0 Å². The van der Waals surface area contributed by atoms with Gasteiger partial charge < -0.3 is 9.97 Å². The van der Waals surface area contributed by atoms with Crippen LogP contribution in [-0.2, 0) is 0 Å². The van der Waals surface area contributed by atoms with Gasteiger partial charge in [-0.1, -0.05) is 121 Å². The number of hydrogen-bond acceptors (Lipinski definition) is 2. The van der Waals surface area contributed by atoms with Gasteiger partial charge in [-0.25, -0.2) is 9.98 Å². The quantitative estimate of drug-likeness (QED) is 0.186. The fourth-order valence-corrected chi connectivity index (χ4v) is 6.03. The van der Waals surface area contributed by atoms with Crippen molar-refractivity contribution >= 4 is 22.6 Å². The van der Waals surface area contributed by atoms with Crippen LogP contribution in [0, 0.1) is 0 Å². The van der Waals surface area contributed by atoms with Gasteiger partial charge in [0.05, 0.1) is 28.5 Å². The van der Waals surface area contributed by atoms with Crippen molar-refractivity contribution in [2.45, 2.75) is 0 Å². The van der Waals surface area contributed by atoms with Gasteiger partial charge in [-0.2, -0.15) is 0 Å². The Morgan fingerprint density at radius 1 is 0.370 bits per heavy atom. The van der Waals surface area contributed by atoms with Crippen molar-refractivity contribution in [3.63, 3.8) is 0 Å². The summed E-state index contributed by atoms with van der Waals surface area (Å²) < 4.78 is 0. The van der Waals surface area contributed by atoms with Gasteiger partial charge >= 0.3 is 0 Å². The summed E-state index contributed by atoms with van der Waals surface area (Å²) in [6.07, 6.45) is 8.39. The zero-order valence-corrected chi connectivity index (χ0v) is 25.1. The second kappa shape index (κ2) is 12.0. The normalized spacial score (nSPS) is 16.0. The third-order valence-corrected chi connectivity index (χ3v) is 8.26. The summed E-state index contributed by atoms with van der Waals surface area (Å²) in [5, 5.41) is 0. The standard InChI is InChI=1S/C42H30N4/c1-5-13-29(14-6-1)33-21-25-37(43-33)41(31-17-9-3-10-18-31)39-27-23-35(45-39)36-24-28-40(46-36)42(32-19-11-4-12-20-32)38-26-22-34(44-38)30-15-7-2-8-16-30/h1-28,43,46H/b41-39+,42-38-. The molecule has 4 heterocycles. The van der Waals surface area contributed by atoms with Gasteiger partial charge in [0.2, 0.25) is 0 Å². The maximum Gasteiger partial charge on any atom is 0.0872 e. The Kier molecular flexibility index (Phi) is 7.14. The van der Waals surface area contributed by atoms with E-state index in [1.165, 1.54) is 0 Å². The molecule has 8 rings (SSSR count). The number of nitrogens with one attached hydrogen (secondary N) is 2. The highest BCUT2D eigenvalue weighted by Gasteiger charge is 2.20. The van der Waals surface area contributed by atoms with Crippen molar-refractivity contribution in [2.75, 3.05) is 0 Å². The van der Waals surface area contributed by atoms with Crippen LogP contribution in [0.15, 0.2) is 191 Å². The number of benzene rings is 4. The van der Waals surface area contributed by atoms with Crippen LogP contribution in [0.2, 0.25) is 0 Å². The second-order valence-electron chi connectivity index (χ2n) is 11.2. The number of allylic oxidation sites excluding steroid dienone is 4. The molecule has 0 saturated carbocycles. The minimum Gasteiger partial charge on any atom is -0.354 e. The van der Waals surface area contributed by atoms with Crippen molar-refractivity contribution in [1.29, 1.82) is 0 Å². The number of nitrogens with zero attached hydrogens (tertiary/aromatic N) is 2. The SMILES string of the molecule is C1=C/C(=C(\c2ccccc2)c2ccc(C3=N/C(=C(\c4ccccc4)c4ccc(-c5ccccc5)[nH]4)C=C3)[nH]2)N=C1c1ccccc1. The molecule has 0 radical (unpaired) electrons. The maximum atomic E-state index is 5.16. The lowest BCUT2D eigenvalue weighted by atomic mass is 10.0. The van der Waals surface area contributed by atoms with E-state index >= 15 is 0 Å². The fraction of sp³-hybridized carbons (Fsp3) is 0. The first-order chi connectivity index (χ1) is 22.8. The zero-order chi connectivity index (χ0) is 30.7. The first-order valence-electron chi connectivity index (χ1n) is 15.4. The number of aliphatic imine (C=N–C) groups is 2. The summed E-state index contributed by atoms with van der Waals surface area (Å²) in [5.74, 6) is 0. The number of aromatic amines is 2. The largest absolute Gasteiger partial charge is 0.354 e. The molecule has 0 bridgehead atoms. The summed E-state index contributed by atoms with van der Waals surface area (Å²) in [5.41, 5.74) is 14.3. The van der Waals surface area contributed by atoms with E-state index < -0.39 is 0 Å². The van der Waals surface area contributed by atoms with Crippen LogP contribution in [0.25, 0.3) is 22.4 Å². The van der Waals surface area contributed by atoms with E-state index in [1.807, 2.05) is 36.4 Å². The molecule has 6 aromatic rings. The van der Waals surface area contributed by atoms with Gasteiger partial charge in [0, 0.05) is 33.8 Å². The van der Waals surface area contributed by atoms with E-state index in [9.17, 15) is 0 Å². The molecule has 2 aliphatic heterocycles. The Balaban J connectivity index is 1.19. The molecule has 4 nitrogen and oxygen atoms in total. The number of rotatable bonds is 7. The summed E-state index contributed by atoms with van der Waals surface area (Å²) in [6, 6.07) is 50.1.